The number of ether oxygens (including phenoxy) is 1. The van der Waals surface area contributed by atoms with Crippen LogP contribution in [0.25, 0.3) is 22.3 Å². The molecule has 47 heavy (non-hydrogen) atoms. The van der Waals surface area contributed by atoms with Crippen LogP contribution in [0.3, 0.4) is 0 Å². The second kappa shape index (κ2) is 10.3. The molecule has 3 aliphatic heterocycles. The van der Waals surface area contributed by atoms with E-state index in [1.807, 2.05) is 12.3 Å². The molecule has 0 aliphatic carbocycles. The average Bonchev–Trinajstić information content (AvgIpc) is 3.50. The van der Waals surface area contributed by atoms with Crippen LogP contribution in [0.1, 0.15) is 0 Å². The van der Waals surface area contributed by atoms with Gasteiger partial charge in [0, 0.05) is 23.0 Å². The maximum absolute atomic E-state index is 6.52. The Balaban J connectivity index is 1.05. The minimum Gasteiger partial charge on any atom is -0.458 e. The molecule has 1 aromatic heterocycles. The van der Waals surface area contributed by atoms with Gasteiger partial charge >= 0.3 is 6.98 Å². The van der Waals surface area contributed by atoms with Gasteiger partial charge in [0.15, 0.2) is 0 Å². The summed E-state index contributed by atoms with van der Waals surface area (Å²) in [6, 6.07) is 56.1. The van der Waals surface area contributed by atoms with E-state index in [0.29, 0.717) is 0 Å². The predicted octanol–water partition coefficient (Wildman–Crippen LogP) is 7.04. The van der Waals surface area contributed by atoms with Crippen molar-refractivity contribution in [3.05, 3.63) is 164 Å². The summed E-state index contributed by atoms with van der Waals surface area (Å²) in [5, 5.41) is 0. The Kier molecular flexibility index (Phi) is 5.73. The molecule has 0 saturated carbocycles. The lowest BCUT2D eigenvalue weighted by molar-refractivity contribution is 0.487. The highest BCUT2D eigenvalue weighted by Gasteiger charge is 2.48. The SMILES string of the molecule is c1ccc(B2c3ccccc3Oc3cc(-c4ccc(N5B6c7ccccc7-c7ccccc7N6c6ccccc65)nc4)ccc32)cc1. The fourth-order valence-corrected chi connectivity index (χ4v) is 7.76. The molecule has 4 heterocycles. The topological polar surface area (TPSA) is 28.6 Å². The summed E-state index contributed by atoms with van der Waals surface area (Å²) >= 11 is 0. The maximum Gasteiger partial charge on any atom is 0.422 e. The second-order valence-electron chi connectivity index (χ2n) is 12.3. The summed E-state index contributed by atoms with van der Waals surface area (Å²) in [7, 11) is 0. The van der Waals surface area contributed by atoms with E-state index in [0.717, 1.165) is 34.1 Å². The monoisotopic (exact) mass is 599 g/mol. The van der Waals surface area contributed by atoms with Crippen LogP contribution in [-0.2, 0) is 0 Å². The van der Waals surface area contributed by atoms with Gasteiger partial charge in [-0.3, -0.25) is 0 Å². The molecular weight excluding hydrogens is 572 g/mol. The Morgan fingerprint density at radius 1 is 0.468 bits per heavy atom. The highest BCUT2D eigenvalue weighted by atomic mass is 16.5. The fourth-order valence-electron chi connectivity index (χ4n) is 7.76. The van der Waals surface area contributed by atoms with Crippen LogP contribution in [0.2, 0.25) is 0 Å². The van der Waals surface area contributed by atoms with E-state index in [1.165, 1.54) is 44.4 Å². The molecule has 3 aliphatic rings. The third-order valence-corrected chi connectivity index (χ3v) is 9.82. The predicted molar refractivity (Wildman–Crippen MR) is 195 cm³/mol. The molecule has 0 N–H and O–H groups in total. The van der Waals surface area contributed by atoms with Gasteiger partial charge < -0.3 is 14.4 Å². The zero-order valence-corrected chi connectivity index (χ0v) is 25.5. The molecule has 6 heteroatoms. The van der Waals surface area contributed by atoms with Crippen molar-refractivity contribution in [3.63, 3.8) is 0 Å². The molecule has 0 bridgehead atoms. The molecule has 4 nitrogen and oxygen atoms in total. The van der Waals surface area contributed by atoms with E-state index in [-0.39, 0.29) is 13.7 Å². The number of aromatic nitrogens is 1. The van der Waals surface area contributed by atoms with E-state index in [9.17, 15) is 0 Å². The number of fused-ring (bicyclic) bond motifs is 10. The van der Waals surface area contributed by atoms with Gasteiger partial charge in [-0.05, 0) is 70.0 Å². The summed E-state index contributed by atoms with van der Waals surface area (Å²) < 4.78 is 6.52. The zero-order valence-electron chi connectivity index (χ0n) is 25.5. The first-order valence-electron chi connectivity index (χ1n) is 16.1. The highest BCUT2D eigenvalue weighted by Crippen LogP contribution is 2.50. The molecule has 10 rings (SSSR count). The summed E-state index contributed by atoms with van der Waals surface area (Å²) in [5.74, 6) is 2.71. The van der Waals surface area contributed by atoms with E-state index in [2.05, 4.69) is 161 Å². The van der Waals surface area contributed by atoms with Crippen LogP contribution >= 0.6 is 0 Å². The third-order valence-electron chi connectivity index (χ3n) is 9.82. The minimum atomic E-state index is -0.0380. The first-order valence-corrected chi connectivity index (χ1v) is 16.1. The summed E-state index contributed by atoms with van der Waals surface area (Å²) in [6.07, 6.45) is 2.00. The van der Waals surface area contributed by atoms with Crippen molar-refractivity contribution >= 4 is 58.4 Å². The number of rotatable bonds is 3. The molecule has 0 spiro atoms. The van der Waals surface area contributed by atoms with Crippen LogP contribution in [0.5, 0.6) is 11.5 Å². The molecule has 0 radical (unpaired) electrons. The van der Waals surface area contributed by atoms with Gasteiger partial charge in [-0.1, -0.05) is 121 Å². The van der Waals surface area contributed by atoms with Crippen LogP contribution in [-0.4, -0.2) is 18.7 Å². The Morgan fingerprint density at radius 2 is 1.11 bits per heavy atom. The average molecular weight is 599 g/mol. The Labute approximate surface area is 274 Å². The van der Waals surface area contributed by atoms with Crippen molar-refractivity contribution in [2.75, 3.05) is 9.62 Å². The molecule has 0 fully saturated rings. The van der Waals surface area contributed by atoms with Gasteiger partial charge in [0.1, 0.15) is 17.3 Å². The van der Waals surface area contributed by atoms with Gasteiger partial charge in [-0.15, -0.1) is 0 Å². The lowest BCUT2D eigenvalue weighted by Crippen LogP contribution is -2.55. The Morgan fingerprint density at radius 3 is 1.91 bits per heavy atom. The van der Waals surface area contributed by atoms with Crippen molar-refractivity contribution < 1.29 is 4.74 Å². The smallest absolute Gasteiger partial charge is 0.422 e. The number of pyridine rings is 1. The number of nitrogens with zero attached hydrogens (tertiary/aromatic N) is 3. The summed E-state index contributed by atoms with van der Waals surface area (Å²) in [5.41, 5.74) is 13.1. The molecule has 0 unspecified atom stereocenters. The van der Waals surface area contributed by atoms with Crippen LogP contribution in [0.15, 0.2) is 164 Å². The van der Waals surface area contributed by atoms with E-state index < -0.39 is 0 Å². The maximum atomic E-state index is 6.52. The molecule has 6 aromatic carbocycles. The second-order valence-corrected chi connectivity index (χ2v) is 12.3. The summed E-state index contributed by atoms with van der Waals surface area (Å²) in [4.78, 5) is 9.97. The quantitative estimate of drug-likeness (QED) is 0.204. The van der Waals surface area contributed by atoms with Crippen LogP contribution in [0.4, 0.5) is 22.9 Å². The Bertz CT molecular complexity index is 2330. The fraction of sp³-hybridized carbons (Fsp3) is 0. The van der Waals surface area contributed by atoms with Crippen LogP contribution < -0.4 is 36.2 Å². The van der Waals surface area contributed by atoms with Gasteiger partial charge in [0.05, 0.1) is 11.4 Å². The van der Waals surface area contributed by atoms with Crippen molar-refractivity contribution in [1.29, 1.82) is 0 Å². The third kappa shape index (κ3) is 3.95. The van der Waals surface area contributed by atoms with Gasteiger partial charge in [0.25, 0.3) is 6.71 Å². The van der Waals surface area contributed by atoms with Gasteiger partial charge in [-0.2, -0.15) is 0 Å². The largest absolute Gasteiger partial charge is 0.458 e. The molecule has 0 atom stereocenters. The van der Waals surface area contributed by atoms with Crippen molar-refractivity contribution in [1.82, 2.24) is 4.98 Å². The van der Waals surface area contributed by atoms with Crippen molar-refractivity contribution in [3.8, 4) is 33.8 Å². The number of hydrogen-bond donors (Lipinski definition) is 0. The molecule has 0 saturated heterocycles. The van der Waals surface area contributed by atoms with E-state index in [1.54, 1.807) is 0 Å². The number of hydrogen-bond acceptors (Lipinski definition) is 4. The normalized spacial score (nSPS) is 13.5. The van der Waals surface area contributed by atoms with E-state index in [4.69, 9.17) is 9.72 Å². The number of para-hydroxylation sites is 4. The minimum absolute atomic E-state index is 0.0380. The molecular formula is C41H27B2N3O. The standard InChI is InChI=1S/C41H27B2N3O/c1-2-12-30(13-3-1)42-34-17-7-11-21-39(34)47-40-26-28(22-24-35(40)42)29-23-25-41(44-27-29)46-38-20-10-9-19-37(38)45-36-18-8-5-15-32(36)31-14-4-6-16-33(31)43(45)46/h1-27H. The number of benzene rings is 6. The van der Waals surface area contributed by atoms with Crippen molar-refractivity contribution in [2.24, 2.45) is 0 Å². The molecule has 0 amide bonds. The molecule has 7 aromatic rings. The van der Waals surface area contributed by atoms with Crippen LogP contribution in [0, 0.1) is 0 Å². The molecule has 218 valence electrons. The number of anilines is 4. The summed E-state index contributed by atoms with van der Waals surface area (Å²) in [6.45, 7) is 0.0800. The lowest BCUT2D eigenvalue weighted by atomic mass is 9.36. The van der Waals surface area contributed by atoms with Gasteiger partial charge in [0.2, 0.25) is 0 Å². The zero-order chi connectivity index (χ0) is 30.9. The van der Waals surface area contributed by atoms with Crippen molar-refractivity contribution in [2.45, 2.75) is 0 Å². The first-order chi connectivity index (χ1) is 23.3. The highest BCUT2D eigenvalue weighted by molar-refractivity contribution is 6.97. The van der Waals surface area contributed by atoms with E-state index >= 15 is 0 Å². The first kappa shape index (κ1) is 26.2. The lowest BCUT2D eigenvalue weighted by Gasteiger charge is -2.36. The van der Waals surface area contributed by atoms with Gasteiger partial charge in [-0.25, -0.2) is 4.98 Å². The Hall–Kier alpha value is -6.00.